The largest absolute Gasteiger partial charge is 0.624 e. The SMILES string of the molecule is CC/[N+]([O-])=C/c1coc2ccccc2c1=O. The van der Waals surface area contributed by atoms with Crippen LogP contribution in [0.1, 0.15) is 12.5 Å². The van der Waals surface area contributed by atoms with Gasteiger partial charge in [0, 0.05) is 0 Å². The lowest BCUT2D eigenvalue weighted by atomic mass is 10.2. The van der Waals surface area contributed by atoms with Gasteiger partial charge in [-0.05, 0) is 19.1 Å². The number of hydrogen-bond donors (Lipinski definition) is 0. The minimum absolute atomic E-state index is 0.184. The molecule has 0 fully saturated rings. The van der Waals surface area contributed by atoms with Crippen molar-refractivity contribution in [3.8, 4) is 0 Å². The Labute approximate surface area is 92.0 Å². The second kappa shape index (κ2) is 4.18. The molecule has 82 valence electrons. The molecule has 0 aliphatic heterocycles. The van der Waals surface area contributed by atoms with Crippen molar-refractivity contribution in [1.82, 2.24) is 0 Å². The first-order chi connectivity index (χ1) is 7.72. The zero-order valence-corrected chi connectivity index (χ0v) is 8.84. The number of para-hydroxylation sites is 1. The van der Waals surface area contributed by atoms with Crippen molar-refractivity contribution >= 4 is 17.2 Å². The third-order valence-corrected chi connectivity index (χ3v) is 2.30. The molecule has 0 radical (unpaired) electrons. The molecule has 4 heteroatoms. The van der Waals surface area contributed by atoms with E-state index in [1.807, 2.05) is 0 Å². The zero-order valence-electron chi connectivity index (χ0n) is 8.84. The van der Waals surface area contributed by atoms with Crippen LogP contribution < -0.4 is 5.43 Å². The summed E-state index contributed by atoms with van der Waals surface area (Å²) in [7, 11) is 0. The van der Waals surface area contributed by atoms with Crippen molar-refractivity contribution in [2.45, 2.75) is 6.92 Å². The molecule has 0 unspecified atom stereocenters. The van der Waals surface area contributed by atoms with Gasteiger partial charge in [-0.3, -0.25) is 4.79 Å². The van der Waals surface area contributed by atoms with Gasteiger partial charge in [0.15, 0.2) is 12.8 Å². The molecule has 16 heavy (non-hydrogen) atoms. The molecule has 2 aromatic rings. The minimum Gasteiger partial charge on any atom is -0.624 e. The number of nitrogens with zero attached hydrogens (tertiary/aromatic N) is 1. The summed E-state index contributed by atoms with van der Waals surface area (Å²) >= 11 is 0. The number of fused-ring (bicyclic) bond motifs is 1. The van der Waals surface area contributed by atoms with Crippen LogP contribution in [0, 0.1) is 5.21 Å². The molecular formula is C12H11NO3. The maximum absolute atomic E-state index is 11.9. The molecule has 1 aromatic heterocycles. The summed E-state index contributed by atoms with van der Waals surface area (Å²) in [5.74, 6) is 0. The van der Waals surface area contributed by atoms with E-state index in [0.29, 0.717) is 22.3 Å². The highest BCUT2D eigenvalue weighted by atomic mass is 16.5. The Morgan fingerprint density at radius 1 is 1.44 bits per heavy atom. The molecule has 0 aliphatic carbocycles. The standard InChI is InChI=1S/C12H11NO3/c1-2-13(15)7-9-8-16-11-6-4-3-5-10(11)12(9)14/h3-8H,2H2,1H3/b13-7-. The third kappa shape index (κ3) is 1.82. The van der Waals surface area contributed by atoms with Crippen LogP contribution in [0.15, 0.2) is 39.7 Å². The van der Waals surface area contributed by atoms with Gasteiger partial charge in [0.05, 0.1) is 5.39 Å². The van der Waals surface area contributed by atoms with E-state index >= 15 is 0 Å². The predicted molar refractivity (Wildman–Crippen MR) is 61.8 cm³/mol. The predicted octanol–water partition coefficient (Wildman–Crippen LogP) is 1.74. The van der Waals surface area contributed by atoms with Gasteiger partial charge in [0.1, 0.15) is 17.4 Å². The van der Waals surface area contributed by atoms with Crippen molar-refractivity contribution < 1.29 is 9.16 Å². The van der Waals surface area contributed by atoms with Gasteiger partial charge >= 0.3 is 0 Å². The fourth-order valence-corrected chi connectivity index (χ4v) is 1.43. The van der Waals surface area contributed by atoms with Crippen molar-refractivity contribution in [1.29, 1.82) is 0 Å². The Balaban J connectivity index is 2.66. The van der Waals surface area contributed by atoms with E-state index in [9.17, 15) is 10.0 Å². The number of rotatable bonds is 2. The van der Waals surface area contributed by atoms with Crippen LogP contribution in [-0.2, 0) is 0 Å². The van der Waals surface area contributed by atoms with Crippen LogP contribution in [0.3, 0.4) is 0 Å². The van der Waals surface area contributed by atoms with Crippen molar-refractivity contribution in [2.75, 3.05) is 6.54 Å². The van der Waals surface area contributed by atoms with Gasteiger partial charge in [0.25, 0.3) is 0 Å². The summed E-state index contributed by atoms with van der Waals surface area (Å²) in [4.78, 5) is 11.9. The van der Waals surface area contributed by atoms with Crippen molar-refractivity contribution in [3.63, 3.8) is 0 Å². The lowest BCUT2D eigenvalue weighted by Crippen LogP contribution is -2.13. The van der Waals surface area contributed by atoms with Gasteiger partial charge < -0.3 is 9.62 Å². The Bertz CT molecular complexity index is 598. The van der Waals surface area contributed by atoms with Crippen LogP contribution in [0.2, 0.25) is 0 Å². The van der Waals surface area contributed by atoms with Crippen LogP contribution in [0.25, 0.3) is 11.0 Å². The first kappa shape index (κ1) is 10.4. The molecule has 0 bridgehead atoms. The Morgan fingerprint density at radius 2 is 2.19 bits per heavy atom. The van der Waals surface area contributed by atoms with E-state index in [0.717, 1.165) is 0 Å². The fourth-order valence-electron chi connectivity index (χ4n) is 1.43. The smallest absolute Gasteiger partial charge is 0.205 e. The maximum Gasteiger partial charge on any atom is 0.205 e. The molecule has 0 atom stereocenters. The van der Waals surface area contributed by atoms with Crippen LogP contribution in [0.4, 0.5) is 0 Å². The molecule has 0 spiro atoms. The van der Waals surface area contributed by atoms with Crippen molar-refractivity contribution in [2.24, 2.45) is 0 Å². The summed E-state index contributed by atoms with van der Waals surface area (Å²) in [6, 6.07) is 6.95. The van der Waals surface area contributed by atoms with Gasteiger partial charge in [-0.1, -0.05) is 12.1 Å². The van der Waals surface area contributed by atoms with E-state index in [-0.39, 0.29) is 11.0 Å². The highest BCUT2D eigenvalue weighted by Crippen LogP contribution is 2.09. The average molecular weight is 217 g/mol. The average Bonchev–Trinajstić information content (AvgIpc) is 2.33. The zero-order chi connectivity index (χ0) is 11.5. The highest BCUT2D eigenvalue weighted by Gasteiger charge is 2.06. The lowest BCUT2D eigenvalue weighted by Gasteiger charge is -2.00. The van der Waals surface area contributed by atoms with E-state index in [1.165, 1.54) is 12.5 Å². The van der Waals surface area contributed by atoms with Crippen LogP contribution in [0.5, 0.6) is 0 Å². The third-order valence-electron chi connectivity index (χ3n) is 2.30. The highest BCUT2D eigenvalue weighted by molar-refractivity contribution is 5.84. The van der Waals surface area contributed by atoms with Gasteiger partial charge in [-0.25, -0.2) is 4.74 Å². The van der Waals surface area contributed by atoms with Gasteiger partial charge in [-0.2, -0.15) is 0 Å². The van der Waals surface area contributed by atoms with E-state index in [2.05, 4.69) is 0 Å². The number of benzene rings is 1. The topological polar surface area (TPSA) is 56.3 Å². The summed E-state index contributed by atoms with van der Waals surface area (Å²) in [6.45, 7) is 2.01. The van der Waals surface area contributed by atoms with Gasteiger partial charge in [-0.15, -0.1) is 0 Å². The molecule has 0 saturated heterocycles. The molecule has 0 N–H and O–H groups in total. The molecule has 0 aliphatic rings. The van der Waals surface area contributed by atoms with E-state index < -0.39 is 0 Å². The van der Waals surface area contributed by atoms with Crippen LogP contribution in [-0.4, -0.2) is 17.5 Å². The minimum atomic E-state index is -0.184. The second-order valence-electron chi connectivity index (χ2n) is 3.38. The summed E-state index contributed by atoms with van der Waals surface area (Å²) < 4.78 is 5.97. The van der Waals surface area contributed by atoms with Crippen LogP contribution >= 0.6 is 0 Å². The molecular weight excluding hydrogens is 206 g/mol. The van der Waals surface area contributed by atoms with E-state index in [1.54, 1.807) is 31.2 Å². The normalized spacial score (nSPS) is 11.9. The number of hydrogen-bond acceptors (Lipinski definition) is 3. The Kier molecular flexibility index (Phi) is 2.72. The Morgan fingerprint density at radius 3 is 2.94 bits per heavy atom. The molecule has 4 nitrogen and oxygen atoms in total. The second-order valence-corrected chi connectivity index (χ2v) is 3.38. The van der Waals surface area contributed by atoms with Crippen molar-refractivity contribution in [3.05, 3.63) is 51.5 Å². The maximum atomic E-state index is 11.9. The molecule has 0 saturated carbocycles. The van der Waals surface area contributed by atoms with Gasteiger partial charge in [0.2, 0.25) is 5.43 Å². The fraction of sp³-hybridized carbons (Fsp3) is 0.167. The van der Waals surface area contributed by atoms with E-state index in [4.69, 9.17) is 4.42 Å². The number of hydroxylamine groups is 1. The summed E-state index contributed by atoms with van der Waals surface area (Å²) in [5, 5.41) is 11.6. The first-order valence-electron chi connectivity index (χ1n) is 5.01. The monoisotopic (exact) mass is 217 g/mol. The molecule has 1 heterocycles. The summed E-state index contributed by atoms with van der Waals surface area (Å²) in [6.07, 6.45) is 2.56. The quantitative estimate of drug-likeness (QED) is 0.333. The Hall–Kier alpha value is -2.10. The molecule has 1 aromatic carbocycles. The molecule has 2 rings (SSSR count). The first-order valence-corrected chi connectivity index (χ1v) is 5.01. The lowest BCUT2D eigenvalue weighted by molar-refractivity contribution is -0.447. The molecule has 0 amide bonds. The summed E-state index contributed by atoms with van der Waals surface area (Å²) in [5.41, 5.74) is 0.616.